The molecular weight excluding hydrogens is 400 g/mol. The summed E-state index contributed by atoms with van der Waals surface area (Å²) in [5.74, 6) is 1.74. The van der Waals surface area contributed by atoms with Crippen molar-refractivity contribution in [2.45, 2.75) is 37.5 Å². The summed E-state index contributed by atoms with van der Waals surface area (Å²) in [6, 6.07) is 16.4. The molecule has 0 amide bonds. The summed E-state index contributed by atoms with van der Waals surface area (Å²) < 4.78 is 7.75. The summed E-state index contributed by atoms with van der Waals surface area (Å²) in [5, 5.41) is 10.7. The third-order valence-electron chi connectivity index (χ3n) is 7.03. The average molecular weight is 425 g/mol. The molecule has 160 valence electrons. The summed E-state index contributed by atoms with van der Waals surface area (Å²) in [5.41, 5.74) is 4.76. The number of fused-ring (bicyclic) bond motifs is 2. The van der Waals surface area contributed by atoms with E-state index < -0.39 is 0 Å². The second-order valence-electron chi connectivity index (χ2n) is 9.03. The molecule has 2 aromatic carbocycles. The first-order chi connectivity index (χ1) is 15.6. The highest BCUT2D eigenvalue weighted by Crippen LogP contribution is 2.41. The molecule has 4 aromatic rings. The van der Waals surface area contributed by atoms with Crippen molar-refractivity contribution in [3.05, 3.63) is 69.8 Å². The Bertz CT molecular complexity index is 1450. The first-order valence-corrected chi connectivity index (χ1v) is 11.3. The van der Waals surface area contributed by atoms with Crippen LogP contribution in [-0.2, 0) is 7.05 Å². The molecule has 1 aliphatic heterocycles. The van der Waals surface area contributed by atoms with Crippen LogP contribution in [0.15, 0.2) is 51.7 Å². The van der Waals surface area contributed by atoms with E-state index in [0.29, 0.717) is 5.92 Å². The molecule has 6 heteroatoms. The van der Waals surface area contributed by atoms with Crippen molar-refractivity contribution in [1.29, 1.82) is 5.26 Å². The number of aryl methyl sites for hydroxylation is 1. The number of aromatic nitrogens is 2. The van der Waals surface area contributed by atoms with E-state index in [1.54, 1.807) is 11.6 Å². The molecular formula is C26H24N4O2. The van der Waals surface area contributed by atoms with Crippen molar-refractivity contribution < 1.29 is 4.42 Å². The van der Waals surface area contributed by atoms with Gasteiger partial charge >= 0.3 is 0 Å². The quantitative estimate of drug-likeness (QED) is 0.472. The summed E-state index contributed by atoms with van der Waals surface area (Å²) in [7, 11) is 1.73. The van der Waals surface area contributed by atoms with E-state index in [0.717, 1.165) is 59.5 Å². The normalized spacial score (nSPS) is 17.2. The van der Waals surface area contributed by atoms with Crippen LogP contribution in [-0.4, -0.2) is 22.6 Å². The minimum Gasteiger partial charge on any atom is -0.440 e. The SMILES string of the molecule is Cn1c(=O)c(C#N)c(N2CCC(c3nc4ccc(C5CC5)cc4o3)CC2)c2ccccc21. The van der Waals surface area contributed by atoms with Gasteiger partial charge in [0, 0.05) is 31.4 Å². The Morgan fingerprint density at radius 2 is 1.84 bits per heavy atom. The number of piperidine rings is 1. The molecule has 1 aliphatic carbocycles. The largest absolute Gasteiger partial charge is 0.440 e. The Labute approximate surface area is 185 Å². The van der Waals surface area contributed by atoms with Crippen molar-refractivity contribution in [3.8, 4) is 6.07 Å². The number of oxazole rings is 1. The maximum atomic E-state index is 12.8. The molecule has 6 nitrogen and oxygen atoms in total. The minimum absolute atomic E-state index is 0.221. The van der Waals surface area contributed by atoms with Gasteiger partial charge in [-0.3, -0.25) is 4.79 Å². The number of rotatable bonds is 3. The molecule has 0 N–H and O–H groups in total. The third-order valence-corrected chi connectivity index (χ3v) is 7.03. The lowest BCUT2D eigenvalue weighted by Gasteiger charge is -2.33. The van der Waals surface area contributed by atoms with Crippen molar-refractivity contribution in [2.24, 2.45) is 7.05 Å². The van der Waals surface area contributed by atoms with Gasteiger partial charge in [0.25, 0.3) is 5.56 Å². The molecule has 0 radical (unpaired) electrons. The second-order valence-corrected chi connectivity index (χ2v) is 9.03. The highest BCUT2D eigenvalue weighted by atomic mass is 16.3. The number of anilines is 1. The van der Waals surface area contributed by atoms with Crippen LogP contribution in [0.5, 0.6) is 0 Å². The maximum absolute atomic E-state index is 12.8. The van der Waals surface area contributed by atoms with Gasteiger partial charge in [0.2, 0.25) is 0 Å². The van der Waals surface area contributed by atoms with Crippen LogP contribution in [0.4, 0.5) is 5.69 Å². The smallest absolute Gasteiger partial charge is 0.270 e. The van der Waals surface area contributed by atoms with Crippen molar-refractivity contribution in [2.75, 3.05) is 18.0 Å². The van der Waals surface area contributed by atoms with Crippen LogP contribution in [0.3, 0.4) is 0 Å². The fourth-order valence-corrected chi connectivity index (χ4v) is 5.06. The lowest BCUT2D eigenvalue weighted by Crippen LogP contribution is -2.35. The van der Waals surface area contributed by atoms with Gasteiger partial charge < -0.3 is 13.9 Å². The minimum atomic E-state index is -0.242. The van der Waals surface area contributed by atoms with Crippen LogP contribution in [0.1, 0.15) is 54.5 Å². The van der Waals surface area contributed by atoms with Crippen molar-refractivity contribution in [1.82, 2.24) is 9.55 Å². The number of nitrogens with zero attached hydrogens (tertiary/aromatic N) is 4. The Morgan fingerprint density at radius 1 is 1.06 bits per heavy atom. The van der Waals surface area contributed by atoms with Crippen LogP contribution in [0.25, 0.3) is 22.0 Å². The van der Waals surface area contributed by atoms with E-state index in [1.165, 1.54) is 18.4 Å². The monoisotopic (exact) mass is 424 g/mol. The molecule has 2 aromatic heterocycles. The van der Waals surface area contributed by atoms with Gasteiger partial charge in [0.15, 0.2) is 11.5 Å². The van der Waals surface area contributed by atoms with E-state index in [9.17, 15) is 10.1 Å². The molecule has 2 fully saturated rings. The van der Waals surface area contributed by atoms with Crippen LogP contribution in [0, 0.1) is 11.3 Å². The third kappa shape index (κ3) is 3.00. The predicted molar refractivity (Wildman–Crippen MR) is 124 cm³/mol. The van der Waals surface area contributed by atoms with Gasteiger partial charge in [-0.15, -0.1) is 0 Å². The van der Waals surface area contributed by atoms with E-state index in [1.807, 2.05) is 24.3 Å². The molecule has 0 bridgehead atoms. The average Bonchev–Trinajstić information content (AvgIpc) is 3.60. The van der Waals surface area contributed by atoms with Crippen LogP contribution in [0.2, 0.25) is 0 Å². The van der Waals surface area contributed by atoms with Gasteiger partial charge in [0.05, 0.1) is 11.2 Å². The van der Waals surface area contributed by atoms with E-state index in [-0.39, 0.29) is 17.0 Å². The van der Waals surface area contributed by atoms with E-state index in [4.69, 9.17) is 9.40 Å². The maximum Gasteiger partial charge on any atom is 0.270 e. The number of nitriles is 1. The molecule has 0 atom stereocenters. The lowest BCUT2D eigenvalue weighted by molar-refractivity contribution is 0.407. The van der Waals surface area contributed by atoms with E-state index >= 15 is 0 Å². The van der Waals surface area contributed by atoms with Crippen molar-refractivity contribution >= 4 is 27.7 Å². The summed E-state index contributed by atoms with van der Waals surface area (Å²) in [4.78, 5) is 19.8. The standard InChI is InChI=1S/C26H24N4O2/c1-29-22-5-3-2-4-19(22)24(20(15-27)26(29)31)30-12-10-17(11-13-30)25-28-21-9-8-18(16-6-7-16)14-23(21)32-25/h2-5,8-9,14,16-17H,6-7,10-13H2,1H3. The molecule has 0 unspecified atom stereocenters. The number of para-hydroxylation sites is 1. The van der Waals surface area contributed by atoms with Crippen LogP contribution < -0.4 is 10.5 Å². The number of hydrogen-bond acceptors (Lipinski definition) is 5. The highest BCUT2D eigenvalue weighted by molar-refractivity contribution is 5.95. The number of benzene rings is 2. The van der Waals surface area contributed by atoms with Gasteiger partial charge in [-0.05, 0) is 55.4 Å². The Kier molecular flexibility index (Phi) is 4.32. The summed E-state index contributed by atoms with van der Waals surface area (Å²) >= 11 is 0. The fraction of sp³-hybridized carbons (Fsp3) is 0.346. The molecule has 2 aliphatic rings. The highest BCUT2D eigenvalue weighted by Gasteiger charge is 2.29. The zero-order valence-corrected chi connectivity index (χ0v) is 18.0. The van der Waals surface area contributed by atoms with Gasteiger partial charge in [0.1, 0.15) is 17.1 Å². The Hall–Kier alpha value is -3.59. The molecule has 1 saturated heterocycles. The molecule has 6 rings (SSSR count). The fourth-order valence-electron chi connectivity index (χ4n) is 5.06. The lowest BCUT2D eigenvalue weighted by atomic mass is 9.95. The Morgan fingerprint density at radius 3 is 2.59 bits per heavy atom. The van der Waals surface area contributed by atoms with Crippen molar-refractivity contribution in [3.63, 3.8) is 0 Å². The molecule has 3 heterocycles. The first kappa shape index (κ1) is 19.1. The number of hydrogen-bond donors (Lipinski definition) is 0. The molecule has 32 heavy (non-hydrogen) atoms. The molecule has 1 saturated carbocycles. The summed E-state index contributed by atoms with van der Waals surface area (Å²) in [6.07, 6.45) is 4.28. The Balaban J connectivity index is 1.30. The topological polar surface area (TPSA) is 75.1 Å². The zero-order chi connectivity index (χ0) is 21.8. The van der Waals surface area contributed by atoms with E-state index in [2.05, 4.69) is 29.2 Å². The zero-order valence-electron chi connectivity index (χ0n) is 18.0. The van der Waals surface area contributed by atoms with Crippen LogP contribution >= 0.6 is 0 Å². The second kappa shape index (κ2) is 7.23. The van der Waals surface area contributed by atoms with Gasteiger partial charge in [-0.2, -0.15) is 5.26 Å². The summed E-state index contributed by atoms with van der Waals surface area (Å²) in [6.45, 7) is 1.51. The van der Waals surface area contributed by atoms with Gasteiger partial charge in [-0.25, -0.2) is 4.98 Å². The number of pyridine rings is 1. The van der Waals surface area contributed by atoms with Gasteiger partial charge in [-0.1, -0.05) is 24.3 Å². The first-order valence-electron chi connectivity index (χ1n) is 11.3. The predicted octanol–water partition coefficient (Wildman–Crippen LogP) is 4.81. The molecule has 0 spiro atoms.